The number of alkyl halides is 3. The third-order valence-electron chi connectivity index (χ3n) is 2.05. The SMILES string of the molecule is CC(C)CCC[C@H](OC(C)C)C(F)(F)F. The predicted octanol–water partition coefficient (Wildman–Crippen LogP) is 4.17. The molecule has 0 aromatic rings. The highest BCUT2D eigenvalue weighted by Crippen LogP contribution is 2.28. The maximum atomic E-state index is 12.5. The smallest absolute Gasteiger partial charge is 0.366 e. The van der Waals surface area contributed by atoms with E-state index in [4.69, 9.17) is 4.74 Å². The summed E-state index contributed by atoms with van der Waals surface area (Å²) < 4.78 is 42.3. The van der Waals surface area contributed by atoms with Crippen molar-refractivity contribution in [2.45, 2.75) is 65.3 Å². The molecule has 0 spiro atoms. The minimum Gasteiger partial charge on any atom is -0.366 e. The van der Waals surface area contributed by atoms with E-state index in [1.54, 1.807) is 13.8 Å². The van der Waals surface area contributed by atoms with E-state index in [0.717, 1.165) is 6.42 Å². The Kier molecular flexibility index (Phi) is 6.25. The van der Waals surface area contributed by atoms with Crippen molar-refractivity contribution < 1.29 is 17.9 Å². The summed E-state index contributed by atoms with van der Waals surface area (Å²) >= 11 is 0. The number of ether oxygens (including phenoxy) is 1. The van der Waals surface area contributed by atoms with Crippen molar-refractivity contribution in [3.05, 3.63) is 0 Å². The van der Waals surface area contributed by atoms with Crippen LogP contribution < -0.4 is 0 Å². The van der Waals surface area contributed by atoms with Crippen LogP contribution in [0.2, 0.25) is 0 Å². The average molecular weight is 226 g/mol. The second-order valence-electron chi connectivity index (χ2n) is 4.54. The van der Waals surface area contributed by atoms with Gasteiger partial charge in [-0.15, -0.1) is 0 Å². The van der Waals surface area contributed by atoms with E-state index >= 15 is 0 Å². The molecular formula is C11H21F3O. The lowest BCUT2D eigenvalue weighted by molar-refractivity contribution is -0.231. The van der Waals surface area contributed by atoms with E-state index in [9.17, 15) is 13.2 Å². The first kappa shape index (κ1) is 14.8. The normalized spacial score (nSPS) is 15.0. The third-order valence-corrected chi connectivity index (χ3v) is 2.05. The quantitative estimate of drug-likeness (QED) is 0.660. The fourth-order valence-electron chi connectivity index (χ4n) is 1.35. The van der Waals surface area contributed by atoms with E-state index in [0.29, 0.717) is 12.3 Å². The zero-order valence-corrected chi connectivity index (χ0v) is 9.90. The Morgan fingerprint density at radius 3 is 1.87 bits per heavy atom. The maximum absolute atomic E-state index is 12.5. The highest BCUT2D eigenvalue weighted by atomic mass is 19.4. The Bertz CT molecular complexity index is 164. The van der Waals surface area contributed by atoms with Gasteiger partial charge in [0.25, 0.3) is 0 Å². The maximum Gasteiger partial charge on any atom is 0.414 e. The third kappa shape index (κ3) is 7.65. The lowest BCUT2D eigenvalue weighted by atomic mass is 10.0. The van der Waals surface area contributed by atoms with E-state index < -0.39 is 12.3 Å². The van der Waals surface area contributed by atoms with Crippen molar-refractivity contribution in [3.8, 4) is 0 Å². The van der Waals surface area contributed by atoms with Crippen LogP contribution in [0.1, 0.15) is 47.0 Å². The van der Waals surface area contributed by atoms with Gasteiger partial charge < -0.3 is 4.74 Å². The zero-order chi connectivity index (χ0) is 12.1. The molecule has 92 valence electrons. The van der Waals surface area contributed by atoms with Gasteiger partial charge in [-0.2, -0.15) is 13.2 Å². The van der Waals surface area contributed by atoms with Gasteiger partial charge in [0, 0.05) is 0 Å². The van der Waals surface area contributed by atoms with Crippen molar-refractivity contribution in [2.75, 3.05) is 0 Å². The Labute approximate surface area is 90.0 Å². The van der Waals surface area contributed by atoms with E-state index in [1.165, 1.54) is 0 Å². The summed E-state index contributed by atoms with van der Waals surface area (Å²) in [4.78, 5) is 0. The average Bonchev–Trinajstić information content (AvgIpc) is 1.99. The van der Waals surface area contributed by atoms with Crippen LogP contribution in [0.4, 0.5) is 13.2 Å². The van der Waals surface area contributed by atoms with Crippen LogP contribution >= 0.6 is 0 Å². The fraction of sp³-hybridized carbons (Fsp3) is 1.00. The largest absolute Gasteiger partial charge is 0.414 e. The molecule has 0 saturated carbocycles. The molecule has 0 radical (unpaired) electrons. The van der Waals surface area contributed by atoms with Gasteiger partial charge in [-0.25, -0.2) is 0 Å². The van der Waals surface area contributed by atoms with Crippen molar-refractivity contribution >= 4 is 0 Å². The van der Waals surface area contributed by atoms with Crippen LogP contribution in [0, 0.1) is 5.92 Å². The minimum atomic E-state index is -4.23. The van der Waals surface area contributed by atoms with Crippen LogP contribution in [0.3, 0.4) is 0 Å². The second kappa shape index (κ2) is 6.36. The highest BCUT2D eigenvalue weighted by Gasteiger charge is 2.40. The zero-order valence-electron chi connectivity index (χ0n) is 9.90. The van der Waals surface area contributed by atoms with E-state index in [-0.39, 0.29) is 12.5 Å². The summed E-state index contributed by atoms with van der Waals surface area (Å²) in [5, 5.41) is 0. The Balaban J connectivity index is 4.03. The number of halogens is 3. The van der Waals surface area contributed by atoms with Crippen molar-refractivity contribution in [3.63, 3.8) is 0 Å². The van der Waals surface area contributed by atoms with Gasteiger partial charge in [0.1, 0.15) is 0 Å². The molecule has 0 aliphatic carbocycles. The van der Waals surface area contributed by atoms with Gasteiger partial charge in [-0.3, -0.25) is 0 Å². The second-order valence-corrected chi connectivity index (χ2v) is 4.54. The molecule has 0 aliphatic heterocycles. The molecule has 0 fully saturated rings. The van der Waals surface area contributed by atoms with Crippen molar-refractivity contribution in [1.29, 1.82) is 0 Å². The molecule has 4 heteroatoms. The predicted molar refractivity (Wildman–Crippen MR) is 54.8 cm³/mol. The van der Waals surface area contributed by atoms with Crippen LogP contribution in [-0.4, -0.2) is 18.4 Å². The Morgan fingerprint density at radius 1 is 1.00 bits per heavy atom. The topological polar surface area (TPSA) is 9.23 Å². The van der Waals surface area contributed by atoms with E-state index in [2.05, 4.69) is 0 Å². The molecule has 1 atom stereocenters. The summed E-state index contributed by atoms with van der Waals surface area (Å²) in [5.41, 5.74) is 0. The molecule has 0 unspecified atom stereocenters. The summed E-state index contributed by atoms with van der Waals surface area (Å²) in [6, 6.07) is 0. The molecule has 0 N–H and O–H groups in total. The molecular weight excluding hydrogens is 205 g/mol. The summed E-state index contributed by atoms with van der Waals surface area (Å²) in [7, 11) is 0. The molecule has 0 saturated heterocycles. The lowest BCUT2D eigenvalue weighted by Crippen LogP contribution is -2.33. The monoisotopic (exact) mass is 226 g/mol. The van der Waals surface area contributed by atoms with Gasteiger partial charge >= 0.3 is 6.18 Å². The van der Waals surface area contributed by atoms with E-state index in [1.807, 2.05) is 13.8 Å². The van der Waals surface area contributed by atoms with Crippen LogP contribution in [0.25, 0.3) is 0 Å². The van der Waals surface area contributed by atoms with Crippen molar-refractivity contribution in [2.24, 2.45) is 5.92 Å². The standard InChI is InChI=1S/C11H21F3O/c1-8(2)6-5-7-10(11(12,13)14)15-9(3)4/h8-10H,5-7H2,1-4H3/t10-/m0/s1. The van der Waals surface area contributed by atoms with Gasteiger partial charge in [-0.05, 0) is 26.2 Å². The minimum absolute atomic E-state index is 0.0693. The highest BCUT2D eigenvalue weighted by molar-refractivity contribution is 4.69. The van der Waals surface area contributed by atoms with Crippen LogP contribution in [0.5, 0.6) is 0 Å². The van der Waals surface area contributed by atoms with Gasteiger partial charge in [-0.1, -0.05) is 26.7 Å². The van der Waals surface area contributed by atoms with Crippen LogP contribution in [0.15, 0.2) is 0 Å². The first-order valence-corrected chi connectivity index (χ1v) is 5.45. The number of hydrogen-bond acceptors (Lipinski definition) is 1. The van der Waals surface area contributed by atoms with Gasteiger partial charge in [0.15, 0.2) is 6.10 Å². The van der Waals surface area contributed by atoms with Gasteiger partial charge in [0.05, 0.1) is 6.10 Å². The summed E-state index contributed by atoms with van der Waals surface area (Å²) in [5.74, 6) is 0.443. The summed E-state index contributed by atoms with van der Waals surface area (Å²) in [6.45, 7) is 7.26. The Hall–Kier alpha value is -0.250. The number of rotatable bonds is 6. The lowest BCUT2D eigenvalue weighted by Gasteiger charge is -2.23. The first-order chi connectivity index (χ1) is 6.73. The van der Waals surface area contributed by atoms with Gasteiger partial charge in [0.2, 0.25) is 0 Å². The van der Waals surface area contributed by atoms with Crippen molar-refractivity contribution in [1.82, 2.24) is 0 Å². The number of hydrogen-bond donors (Lipinski definition) is 0. The Morgan fingerprint density at radius 2 is 1.53 bits per heavy atom. The molecule has 0 heterocycles. The molecule has 0 aromatic carbocycles. The molecule has 15 heavy (non-hydrogen) atoms. The van der Waals surface area contributed by atoms with Crippen LogP contribution in [-0.2, 0) is 4.74 Å². The molecule has 0 amide bonds. The molecule has 0 bridgehead atoms. The molecule has 1 nitrogen and oxygen atoms in total. The molecule has 0 aliphatic rings. The molecule has 0 aromatic heterocycles. The summed E-state index contributed by atoms with van der Waals surface area (Å²) in [6.07, 6.45) is -4.77. The fourth-order valence-corrected chi connectivity index (χ4v) is 1.35. The first-order valence-electron chi connectivity index (χ1n) is 5.45. The molecule has 0 rings (SSSR count).